The molecular weight excluding hydrogens is 1450 g/mol. The van der Waals surface area contributed by atoms with Gasteiger partial charge in [0.05, 0.1) is 51.4 Å². The van der Waals surface area contributed by atoms with Gasteiger partial charge in [-0.1, -0.05) is 174 Å². The largest absolute Gasteiger partial charge is 0.497 e. The van der Waals surface area contributed by atoms with Gasteiger partial charge < -0.3 is 43.2 Å². The molecule has 2 unspecified atom stereocenters. The molecule has 6 aromatic rings. The third-order valence-electron chi connectivity index (χ3n) is 19.7. The van der Waals surface area contributed by atoms with Crippen molar-refractivity contribution in [3.05, 3.63) is 159 Å². The first-order valence-electron chi connectivity index (χ1n) is 39.6. The molecule has 1 aliphatic heterocycles. The van der Waals surface area contributed by atoms with Gasteiger partial charge in [0.1, 0.15) is 35.3 Å². The van der Waals surface area contributed by atoms with Crippen LogP contribution in [0.1, 0.15) is 243 Å². The molecule has 0 saturated carbocycles. The molecule has 0 radical (unpaired) electrons. The zero-order valence-corrected chi connectivity index (χ0v) is 69.3. The number of nitrogens with zero attached hydrogens (tertiary/aromatic N) is 7. The van der Waals surface area contributed by atoms with E-state index in [1.54, 1.807) is 73.9 Å². The molecule has 3 heterocycles. The predicted molar refractivity (Wildman–Crippen MR) is 442 cm³/mol. The number of unbranched alkanes of at least 4 members (excludes halogenated alkanes) is 13. The van der Waals surface area contributed by atoms with Crippen LogP contribution in [0.5, 0.6) is 11.5 Å². The first-order valence-corrected chi connectivity index (χ1v) is 43.1. The van der Waals surface area contributed by atoms with Crippen LogP contribution in [0.25, 0.3) is 16.0 Å². The van der Waals surface area contributed by atoms with Gasteiger partial charge in [-0.25, -0.2) is 21.2 Å². The van der Waals surface area contributed by atoms with Gasteiger partial charge in [-0.3, -0.25) is 43.9 Å². The molecule has 110 heavy (non-hydrogen) atoms. The fourth-order valence-corrected chi connectivity index (χ4v) is 17.7. The molecule has 0 aliphatic carbocycles. The lowest BCUT2D eigenvalue weighted by molar-refractivity contribution is -0.134. The highest BCUT2D eigenvalue weighted by Crippen LogP contribution is 2.49. The van der Waals surface area contributed by atoms with E-state index in [2.05, 4.69) is 86.8 Å². The van der Waals surface area contributed by atoms with Crippen molar-refractivity contribution >= 4 is 88.1 Å². The maximum absolute atomic E-state index is 14.7. The molecule has 7 rings (SSSR count). The topological polar surface area (TPSA) is 258 Å². The van der Waals surface area contributed by atoms with E-state index in [0.29, 0.717) is 80.6 Å². The first-order chi connectivity index (χ1) is 53.0. The fraction of sp³-hybridized carbons (Fsp3) is 0.565. The number of carbonyl (C=O) groups is 6. The smallest absolute Gasteiger partial charge is 0.280 e. The molecule has 1 fully saturated rings. The second-order valence-electron chi connectivity index (χ2n) is 29.6. The Hall–Kier alpha value is -7.62. The number of Topliss-reactive ketones (excluding diaryl/α,β-unsaturated/α-hetero) is 2. The number of hydrogen-bond acceptors (Lipinski definition) is 18. The number of aromatic nitrogens is 4. The van der Waals surface area contributed by atoms with Crippen molar-refractivity contribution in [2.24, 2.45) is 5.92 Å². The van der Waals surface area contributed by atoms with Crippen LogP contribution in [0.3, 0.4) is 0 Å². The minimum absolute atomic E-state index is 0.00506. The van der Waals surface area contributed by atoms with E-state index in [1.165, 1.54) is 75.8 Å². The zero-order chi connectivity index (χ0) is 79.4. The lowest BCUT2D eigenvalue weighted by Crippen LogP contribution is -2.42. The summed E-state index contributed by atoms with van der Waals surface area (Å²) in [5.41, 5.74) is 2.36. The van der Waals surface area contributed by atoms with Gasteiger partial charge in [0, 0.05) is 91.9 Å². The first kappa shape index (κ1) is 89.6. The normalized spacial score (nSPS) is 14.6. The number of amides is 4. The molecule has 4 aromatic carbocycles. The fourth-order valence-electron chi connectivity index (χ4n) is 13.6. The third-order valence-corrected chi connectivity index (χ3v) is 24.9. The van der Waals surface area contributed by atoms with Crippen molar-refractivity contribution in [1.29, 1.82) is 0 Å². The van der Waals surface area contributed by atoms with Gasteiger partial charge in [-0.15, -0.1) is 0 Å². The lowest BCUT2D eigenvalue weighted by atomic mass is 9.80. The standard InChI is InChI=1S/C85H119N10O12PS2/c1-60(2)81(100)91-84-90-80-79(83(102)92-84)89-70(56-87-80)57-93(65(9)96)71-44-38-66(39-45-71)82(101)88-63(7)36-46-74(98)34-29-24-22-20-18-16-14-13-15-17-19-21-23-28-33-73(97)35-30-54-109-110-64(8)37-51-78(99)94-58-77(107-108(106-53-52-86-10)95(61(3)4)62(5)6)55-72(94)59-105-85(67-31-26-25-27-32-67,68-40-47-75(103-11)48-41-68)69-42-49-76(104-12)50-43-69/h25-27,31-32,38-45,47-50,56,60-64,72,77H,13-24,28-30,33-37,46,51-55,57-59H2,1-9,11-12H3,(H,88,101)(H2,87,90,91,92,100,102)/t63-,64?,72+,77-,108?/m1/s1. The van der Waals surface area contributed by atoms with E-state index in [0.717, 1.165) is 72.5 Å². The number of benzene rings is 4. The van der Waals surface area contributed by atoms with Gasteiger partial charge in [0.15, 0.2) is 11.2 Å². The number of rotatable bonds is 52. The van der Waals surface area contributed by atoms with Gasteiger partial charge >= 0.3 is 0 Å². The Morgan fingerprint density at radius 2 is 1.25 bits per heavy atom. The number of H-pyrrole nitrogens is 1. The average Bonchev–Trinajstić information content (AvgIpc) is 0.889. The maximum atomic E-state index is 14.7. The third kappa shape index (κ3) is 28.8. The number of hydrogen-bond donors (Lipinski definition) is 3. The van der Waals surface area contributed by atoms with Crippen LogP contribution in [0.2, 0.25) is 0 Å². The highest BCUT2D eigenvalue weighted by atomic mass is 33.1. The molecule has 3 N–H and O–H groups in total. The molecule has 2 aromatic heterocycles. The van der Waals surface area contributed by atoms with Crippen molar-refractivity contribution in [3.8, 4) is 11.5 Å². The van der Waals surface area contributed by atoms with E-state index in [9.17, 15) is 33.6 Å². The summed E-state index contributed by atoms with van der Waals surface area (Å²) in [4.78, 5) is 114. The summed E-state index contributed by atoms with van der Waals surface area (Å²) < 4.78 is 34.2. The predicted octanol–water partition coefficient (Wildman–Crippen LogP) is 17.8. The van der Waals surface area contributed by atoms with Gasteiger partial charge in [0.2, 0.25) is 30.2 Å². The summed E-state index contributed by atoms with van der Waals surface area (Å²) in [6, 6.07) is 32.5. The van der Waals surface area contributed by atoms with Crippen molar-refractivity contribution in [1.82, 2.24) is 34.8 Å². The number of anilines is 2. The quantitative estimate of drug-likeness (QED) is 0.0105. The van der Waals surface area contributed by atoms with Gasteiger partial charge in [-0.05, 0) is 138 Å². The second-order valence-corrected chi connectivity index (χ2v) is 33.9. The Kier molecular flexibility index (Phi) is 38.8. The zero-order valence-electron chi connectivity index (χ0n) is 66.7. The number of aromatic amines is 1. The highest BCUT2D eigenvalue weighted by Gasteiger charge is 2.44. The summed E-state index contributed by atoms with van der Waals surface area (Å²) in [5, 5.41) is 5.76. The molecule has 0 bridgehead atoms. The summed E-state index contributed by atoms with van der Waals surface area (Å²) in [7, 11) is 5.34. The van der Waals surface area contributed by atoms with E-state index in [4.69, 9.17) is 29.8 Å². The van der Waals surface area contributed by atoms with Crippen LogP contribution in [0.4, 0.5) is 11.6 Å². The van der Waals surface area contributed by atoms with Gasteiger partial charge in [-0.2, -0.15) is 4.98 Å². The van der Waals surface area contributed by atoms with Gasteiger partial charge in [0.25, 0.3) is 20.0 Å². The van der Waals surface area contributed by atoms with E-state index >= 15 is 0 Å². The van der Waals surface area contributed by atoms with Crippen LogP contribution in [-0.4, -0.2) is 146 Å². The molecular formula is C85H119N10O12PS2. The minimum atomic E-state index is -1.55. The number of methoxy groups -OCH3 is 2. The maximum Gasteiger partial charge on any atom is 0.280 e. The van der Waals surface area contributed by atoms with Crippen molar-refractivity contribution in [2.45, 2.75) is 258 Å². The van der Waals surface area contributed by atoms with Crippen molar-refractivity contribution in [2.75, 3.05) is 56.5 Å². The molecule has 25 heteroatoms. The van der Waals surface area contributed by atoms with Crippen LogP contribution in [0, 0.1) is 12.5 Å². The summed E-state index contributed by atoms with van der Waals surface area (Å²) >= 11 is 0. The Morgan fingerprint density at radius 3 is 1.79 bits per heavy atom. The molecule has 22 nitrogen and oxygen atoms in total. The van der Waals surface area contributed by atoms with Crippen LogP contribution in [-0.2, 0) is 49.9 Å². The lowest BCUT2D eigenvalue weighted by Gasteiger charge is -2.38. The Morgan fingerprint density at radius 1 is 0.691 bits per heavy atom. The number of ketones is 2. The number of nitrogens with one attached hydrogen (secondary N) is 3. The molecule has 4 amide bonds. The number of ether oxygens (including phenoxy) is 3. The Bertz CT molecular complexity index is 3870. The van der Waals surface area contributed by atoms with Crippen molar-refractivity contribution < 1.29 is 52.0 Å². The average molecular weight is 1570 g/mol. The number of likely N-dealkylation sites (tertiary alicyclic amines) is 1. The molecule has 1 saturated heterocycles. The molecule has 0 spiro atoms. The molecule has 5 atom stereocenters. The highest BCUT2D eigenvalue weighted by molar-refractivity contribution is 8.76. The van der Waals surface area contributed by atoms with Crippen LogP contribution >= 0.6 is 30.1 Å². The number of fused-ring (bicyclic) bond motifs is 1. The Labute approximate surface area is 661 Å². The van der Waals surface area contributed by atoms with Crippen LogP contribution in [0.15, 0.2) is 114 Å². The SMILES string of the molecule is [C-]#[N+]CCOP(O[C@@H]1C[C@@H](COC(c2ccccc2)(c2ccc(OC)cc2)c2ccc(OC)cc2)N(C(=O)CCC(C)SSCCCC(=O)CCCCCCCCCCCCCCCCC(=O)CC[C@@H](C)NC(=O)c2ccc(N(Cc3cnc4nc(NC(=O)C(C)C)[nH]c(=O)c4n3)C(C)=O)cc2)C1)N(C(C)C)C(C)C. The van der Waals surface area contributed by atoms with E-state index in [-0.39, 0.29) is 114 Å². The number of carbonyl (C=O) groups excluding carboxylic acids is 6. The summed E-state index contributed by atoms with van der Waals surface area (Å²) in [6.45, 7) is 25.9. The molecule has 1 aliphatic rings. The monoisotopic (exact) mass is 1570 g/mol. The summed E-state index contributed by atoms with van der Waals surface area (Å²) in [6.07, 6.45) is 22.5. The van der Waals surface area contributed by atoms with Crippen LogP contribution < -0.4 is 30.6 Å². The second kappa shape index (κ2) is 47.7. The van der Waals surface area contributed by atoms with E-state index < -0.39 is 19.7 Å². The Balaban J connectivity index is 0.719. The molecule has 598 valence electrons. The minimum Gasteiger partial charge on any atom is -0.497 e. The van der Waals surface area contributed by atoms with E-state index in [1.807, 2.05) is 78.6 Å². The van der Waals surface area contributed by atoms with Crippen molar-refractivity contribution in [3.63, 3.8) is 0 Å². The summed E-state index contributed by atoms with van der Waals surface area (Å²) in [5.74, 6) is 1.72.